The average Bonchev–Trinajstić information content (AvgIpc) is 2.75. The summed E-state index contributed by atoms with van der Waals surface area (Å²) in [6.07, 6.45) is 1.10. The van der Waals surface area contributed by atoms with Gasteiger partial charge in [0.2, 0.25) is 11.8 Å². The normalized spacial score (nSPS) is 20.1. The number of amides is 2. The number of hydrogen-bond acceptors (Lipinski definition) is 5. The number of carboxylic acids is 2. The van der Waals surface area contributed by atoms with Gasteiger partial charge in [-0.15, -0.1) is 0 Å². The number of hydrogen-bond donors (Lipinski definition) is 4. The van der Waals surface area contributed by atoms with E-state index in [1.165, 1.54) is 0 Å². The zero-order valence-corrected chi connectivity index (χ0v) is 16.7. The molecule has 2 heterocycles. The highest BCUT2D eigenvalue weighted by Crippen LogP contribution is 2.27. The Bertz CT molecular complexity index is 821. The van der Waals surface area contributed by atoms with Crippen molar-refractivity contribution in [2.24, 2.45) is 5.92 Å². The van der Waals surface area contributed by atoms with Crippen molar-refractivity contribution in [2.45, 2.75) is 50.7 Å². The number of carbonyl (C=O) groups excluding carboxylic acids is 2. The lowest BCUT2D eigenvalue weighted by atomic mass is 9.89. The Morgan fingerprint density at radius 2 is 1.77 bits per heavy atom. The lowest BCUT2D eigenvalue weighted by molar-refractivity contribution is -0.148. The van der Waals surface area contributed by atoms with Gasteiger partial charge in [0.15, 0.2) is 0 Å². The fourth-order valence-electron chi connectivity index (χ4n) is 4.09. The summed E-state index contributed by atoms with van der Waals surface area (Å²) in [4.78, 5) is 50.1. The molecule has 2 aliphatic heterocycles. The van der Waals surface area contributed by atoms with Gasteiger partial charge < -0.3 is 25.7 Å². The van der Waals surface area contributed by atoms with Crippen LogP contribution in [0.2, 0.25) is 0 Å². The minimum absolute atomic E-state index is 0.0939. The van der Waals surface area contributed by atoms with Crippen molar-refractivity contribution >= 4 is 23.8 Å². The van der Waals surface area contributed by atoms with Gasteiger partial charge in [-0.2, -0.15) is 0 Å². The van der Waals surface area contributed by atoms with Crippen molar-refractivity contribution in [3.8, 4) is 0 Å². The zero-order chi connectivity index (χ0) is 21.7. The van der Waals surface area contributed by atoms with E-state index in [1.807, 2.05) is 24.3 Å². The van der Waals surface area contributed by atoms with Gasteiger partial charge in [0.05, 0.1) is 0 Å². The second kappa shape index (κ2) is 9.71. The van der Waals surface area contributed by atoms with Gasteiger partial charge in [-0.25, -0.2) is 4.79 Å². The summed E-state index contributed by atoms with van der Waals surface area (Å²) in [7, 11) is 0. The Morgan fingerprint density at radius 1 is 1.10 bits per heavy atom. The van der Waals surface area contributed by atoms with E-state index in [0.29, 0.717) is 25.8 Å². The first-order valence-corrected chi connectivity index (χ1v) is 10.2. The number of rotatable bonds is 7. The second-order valence-electron chi connectivity index (χ2n) is 7.81. The maximum atomic E-state index is 13.2. The highest BCUT2D eigenvalue weighted by atomic mass is 16.4. The summed E-state index contributed by atoms with van der Waals surface area (Å²) in [5, 5.41) is 23.9. The number of nitrogens with one attached hydrogen (secondary N) is 2. The molecule has 2 amide bonds. The highest BCUT2D eigenvalue weighted by Gasteiger charge is 2.38. The lowest BCUT2D eigenvalue weighted by Gasteiger charge is -2.39. The van der Waals surface area contributed by atoms with Crippen LogP contribution in [0.5, 0.6) is 0 Å². The molecule has 9 nitrogen and oxygen atoms in total. The van der Waals surface area contributed by atoms with Crippen LogP contribution >= 0.6 is 0 Å². The number of fused-ring (bicyclic) bond motifs is 1. The van der Waals surface area contributed by atoms with Crippen molar-refractivity contribution in [3.63, 3.8) is 0 Å². The van der Waals surface area contributed by atoms with E-state index in [-0.39, 0.29) is 24.7 Å². The molecule has 30 heavy (non-hydrogen) atoms. The number of aliphatic carboxylic acids is 2. The zero-order valence-electron chi connectivity index (χ0n) is 16.7. The van der Waals surface area contributed by atoms with Crippen LogP contribution < -0.4 is 10.6 Å². The minimum Gasteiger partial charge on any atom is -0.481 e. The molecule has 1 aromatic carbocycles. The van der Waals surface area contributed by atoms with Crippen molar-refractivity contribution in [3.05, 3.63) is 35.4 Å². The van der Waals surface area contributed by atoms with E-state index in [4.69, 9.17) is 5.11 Å². The molecule has 0 aliphatic carbocycles. The van der Waals surface area contributed by atoms with Gasteiger partial charge in [-0.3, -0.25) is 14.4 Å². The molecule has 2 aliphatic rings. The molecular formula is C21H27N3O6. The third kappa shape index (κ3) is 5.15. The van der Waals surface area contributed by atoms with Crippen LogP contribution in [-0.2, 0) is 32.1 Å². The maximum absolute atomic E-state index is 13.2. The number of carboxylic acid groups (broad SMARTS) is 2. The van der Waals surface area contributed by atoms with Crippen LogP contribution in [0.1, 0.15) is 36.8 Å². The third-order valence-electron chi connectivity index (χ3n) is 5.78. The standard InChI is InChI=1S/C21H27N3O6/c25-18(26)6-5-16(21(29)30)23-19(27)17-11-14-3-1-2-4-15(14)12-24(17)20(28)13-7-9-22-10-8-13/h1-4,13,16-17,22H,5-12H2,(H,23,27)(H,25,26)(H,29,30)/t16-,17-/m1/s1. The van der Waals surface area contributed by atoms with E-state index in [2.05, 4.69) is 10.6 Å². The molecule has 4 N–H and O–H groups in total. The van der Waals surface area contributed by atoms with E-state index in [0.717, 1.165) is 24.2 Å². The molecule has 0 bridgehead atoms. The van der Waals surface area contributed by atoms with Crippen LogP contribution in [0, 0.1) is 5.92 Å². The van der Waals surface area contributed by atoms with E-state index in [9.17, 15) is 24.3 Å². The molecule has 0 aromatic heterocycles. The van der Waals surface area contributed by atoms with Gasteiger partial charge in [-0.1, -0.05) is 24.3 Å². The van der Waals surface area contributed by atoms with Crippen molar-refractivity contribution in [2.75, 3.05) is 13.1 Å². The van der Waals surface area contributed by atoms with Crippen LogP contribution in [-0.4, -0.2) is 64.0 Å². The molecule has 0 saturated carbocycles. The molecule has 9 heteroatoms. The number of piperidine rings is 1. The molecule has 0 unspecified atom stereocenters. The number of benzene rings is 1. The van der Waals surface area contributed by atoms with Crippen LogP contribution in [0.3, 0.4) is 0 Å². The largest absolute Gasteiger partial charge is 0.481 e. The van der Waals surface area contributed by atoms with Crippen LogP contribution in [0.15, 0.2) is 24.3 Å². The Hall–Kier alpha value is -2.94. The fraction of sp³-hybridized carbons (Fsp3) is 0.524. The van der Waals surface area contributed by atoms with Crippen molar-refractivity contribution in [1.82, 2.24) is 15.5 Å². The van der Waals surface area contributed by atoms with E-state index in [1.54, 1.807) is 4.90 Å². The fourth-order valence-corrected chi connectivity index (χ4v) is 4.09. The van der Waals surface area contributed by atoms with Gasteiger partial charge in [0.1, 0.15) is 12.1 Å². The molecular weight excluding hydrogens is 390 g/mol. The topological polar surface area (TPSA) is 136 Å². The summed E-state index contributed by atoms with van der Waals surface area (Å²) < 4.78 is 0. The lowest BCUT2D eigenvalue weighted by Crippen LogP contribution is -2.57. The van der Waals surface area contributed by atoms with Crippen LogP contribution in [0.4, 0.5) is 0 Å². The van der Waals surface area contributed by atoms with E-state index < -0.39 is 29.9 Å². The minimum atomic E-state index is -1.32. The molecule has 1 fully saturated rings. The monoisotopic (exact) mass is 417 g/mol. The average molecular weight is 417 g/mol. The smallest absolute Gasteiger partial charge is 0.326 e. The van der Waals surface area contributed by atoms with Gasteiger partial charge in [-0.05, 0) is 43.5 Å². The first kappa shape index (κ1) is 21.8. The SMILES string of the molecule is O=C(O)CC[C@@H](NC(=O)[C@H]1Cc2ccccc2CN1C(=O)C1CCNCC1)C(=O)O. The molecule has 0 spiro atoms. The molecule has 1 saturated heterocycles. The Labute approximate surface area is 174 Å². The Balaban J connectivity index is 1.80. The predicted octanol–water partition coefficient (Wildman–Crippen LogP) is 0.374. The predicted molar refractivity (Wildman–Crippen MR) is 107 cm³/mol. The van der Waals surface area contributed by atoms with Crippen molar-refractivity contribution in [1.29, 1.82) is 0 Å². The number of nitrogens with zero attached hydrogens (tertiary/aromatic N) is 1. The van der Waals surface area contributed by atoms with Crippen molar-refractivity contribution < 1.29 is 29.4 Å². The quantitative estimate of drug-likeness (QED) is 0.503. The maximum Gasteiger partial charge on any atom is 0.326 e. The van der Waals surface area contributed by atoms with E-state index >= 15 is 0 Å². The van der Waals surface area contributed by atoms with Gasteiger partial charge in [0.25, 0.3) is 0 Å². The first-order chi connectivity index (χ1) is 14.4. The Kier molecular flexibility index (Phi) is 7.04. The highest BCUT2D eigenvalue weighted by molar-refractivity contribution is 5.91. The molecule has 0 radical (unpaired) electrons. The summed E-state index contributed by atoms with van der Waals surface area (Å²) in [6.45, 7) is 1.78. The summed E-state index contributed by atoms with van der Waals surface area (Å²) >= 11 is 0. The molecule has 162 valence electrons. The molecule has 2 atom stereocenters. The summed E-state index contributed by atoms with van der Waals surface area (Å²) in [6, 6.07) is 5.44. The Morgan fingerprint density at radius 3 is 2.40 bits per heavy atom. The molecule has 3 rings (SSSR count). The molecule has 1 aromatic rings. The van der Waals surface area contributed by atoms with Gasteiger partial charge >= 0.3 is 11.9 Å². The van der Waals surface area contributed by atoms with Crippen LogP contribution in [0.25, 0.3) is 0 Å². The third-order valence-corrected chi connectivity index (χ3v) is 5.78. The number of carbonyl (C=O) groups is 4. The summed E-state index contributed by atoms with van der Waals surface area (Å²) in [5.74, 6) is -3.26. The second-order valence-corrected chi connectivity index (χ2v) is 7.81. The summed E-state index contributed by atoms with van der Waals surface area (Å²) in [5.41, 5.74) is 1.92. The first-order valence-electron chi connectivity index (χ1n) is 10.2. The van der Waals surface area contributed by atoms with Gasteiger partial charge in [0, 0.05) is 25.3 Å².